The first-order valence-electron chi connectivity index (χ1n) is 9.10. The van der Waals surface area contributed by atoms with Crippen LogP contribution in [-0.4, -0.2) is 30.4 Å². The van der Waals surface area contributed by atoms with Crippen molar-refractivity contribution in [1.29, 1.82) is 5.26 Å². The van der Waals surface area contributed by atoms with Gasteiger partial charge < -0.3 is 10.3 Å². The summed E-state index contributed by atoms with van der Waals surface area (Å²) in [6, 6.07) is 9.50. The summed E-state index contributed by atoms with van der Waals surface area (Å²) >= 11 is 0. The number of nitrogens with zero attached hydrogens (tertiary/aromatic N) is 3. The lowest BCUT2D eigenvalue weighted by molar-refractivity contribution is 0.355. The van der Waals surface area contributed by atoms with Crippen LogP contribution >= 0.6 is 0 Å². The maximum Gasteiger partial charge on any atom is 0.245 e. The fraction of sp³-hybridized carbons (Fsp3) is 0.286. The van der Waals surface area contributed by atoms with Crippen molar-refractivity contribution in [3.8, 4) is 6.07 Å². The largest absolute Gasteiger partial charge is 0.398 e. The third-order valence-corrected chi connectivity index (χ3v) is 7.33. The van der Waals surface area contributed by atoms with Crippen LogP contribution in [0.3, 0.4) is 0 Å². The van der Waals surface area contributed by atoms with Crippen molar-refractivity contribution in [1.82, 2.24) is 8.87 Å². The van der Waals surface area contributed by atoms with Crippen molar-refractivity contribution in [3.63, 3.8) is 0 Å². The van der Waals surface area contributed by atoms with Crippen molar-refractivity contribution in [3.05, 3.63) is 59.0 Å². The second-order valence-electron chi connectivity index (χ2n) is 7.31. The third kappa shape index (κ3) is 3.59. The minimum atomic E-state index is -3.86. The number of benzene rings is 2. The number of hydrogen-bond donors (Lipinski definition) is 1. The lowest BCUT2D eigenvalue weighted by Crippen LogP contribution is -2.38. The summed E-state index contributed by atoms with van der Waals surface area (Å²) in [5, 5.41) is 9.84. The summed E-state index contributed by atoms with van der Waals surface area (Å²) in [5.41, 5.74) is 8.30. The number of sulfonamides is 1. The van der Waals surface area contributed by atoms with E-state index in [1.807, 2.05) is 6.92 Å². The summed E-state index contributed by atoms with van der Waals surface area (Å²) in [4.78, 5) is 0.0821. The summed E-state index contributed by atoms with van der Waals surface area (Å²) in [6.07, 6.45) is 1.55. The van der Waals surface area contributed by atoms with Crippen LogP contribution in [0.25, 0.3) is 10.9 Å². The highest BCUT2D eigenvalue weighted by atomic mass is 32.2. The SMILES string of the molecule is Cc1cc(C)c(S(=O)(=O)N(C)C(C)Cn2cc(C#N)c3cccc(F)c32)c(N)c1. The zero-order valence-corrected chi connectivity index (χ0v) is 17.6. The Morgan fingerprint density at radius 2 is 2.00 bits per heavy atom. The fourth-order valence-electron chi connectivity index (χ4n) is 3.67. The molecule has 3 aromatic rings. The second-order valence-corrected chi connectivity index (χ2v) is 9.25. The Morgan fingerprint density at radius 1 is 1.31 bits per heavy atom. The highest BCUT2D eigenvalue weighted by molar-refractivity contribution is 7.89. The van der Waals surface area contributed by atoms with E-state index < -0.39 is 21.9 Å². The number of para-hydroxylation sites is 1. The van der Waals surface area contributed by atoms with E-state index in [-0.39, 0.29) is 22.6 Å². The number of anilines is 1. The number of fused-ring (bicyclic) bond motifs is 1. The Labute approximate surface area is 170 Å². The predicted molar refractivity (Wildman–Crippen MR) is 111 cm³/mol. The third-order valence-electron chi connectivity index (χ3n) is 5.14. The molecule has 0 saturated carbocycles. The summed E-state index contributed by atoms with van der Waals surface area (Å²) in [7, 11) is -2.38. The molecule has 0 fully saturated rings. The van der Waals surface area contributed by atoms with Crippen molar-refractivity contribution in [2.75, 3.05) is 12.8 Å². The van der Waals surface area contributed by atoms with Gasteiger partial charge in [-0.25, -0.2) is 12.8 Å². The van der Waals surface area contributed by atoms with E-state index in [1.54, 1.807) is 48.9 Å². The molecule has 1 aromatic heterocycles. The van der Waals surface area contributed by atoms with E-state index >= 15 is 0 Å². The van der Waals surface area contributed by atoms with Gasteiger partial charge in [-0.3, -0.25) is 0 Å². The Bertz CT molecular complexity index is 1220. The van der Waals surface area contributed by atoms with Crippen molar-refractivity contribution < 1.29 is 12.8 Å². The van der Waals surface area contributed by atoms with E-state index in [2.05, 4.69) is 6.07 Å². The molecule has 1 atom stereocenters. The molecule has 0 aliphatic rings. The lowest BCUT2D eigenvalue weighted by Gasteiger charge is -2.26. The minimum absolute atomic E-state index is 0.0821. The molecule has 152 valence electrons. The van der Waals surface area contributed by atoms with Crippen molar-refractivity contribution in [2.45, 2.75) is 38.3 Å². The smallest absolute Gasteiger partial charge is 0.245 e. The number of halogens is 1. The number of nitriles is 1. The van der Waals surface area contributed by atoms with Gasteiger partial charge in [-0.15, -0.1) is 0 Å². The summed E-state index contributed by atoms with van der Waals surface area (Å²) in [6.45, 7) is 5.48. The molecule has 0 radical (unpaired) electrons. The molecule has 1 unspecified atom stereocenters. The average molecular weight is 415 g/mol. The van der Waals surface area contributed by atoms with Gasteiger partial charge in [-0.2, -0.15) is 9.57 Å². The Morgan fingerprint density at radius 3 is 2.62 bits per heavy atom. The van der Waals surface area contributed by atoms with Crippen molar-refractivity contribution in [2.24, 2.45) is 0 Å². The fourth-order valence-corrected chi connectivity index (χ4v) is 5.32. The Balaban J connectivity index is 1.99. The van der Waals surface area contributed by atoms with E-state index in [9.17, 15) is 18.1 Å². The normalized spacial score (nSPS) is 13.0. The van der Waals surface area contributed by atoms with Gasteiger partial charge in [0.15, 0.2) is 0 Å². The van der Waals surface area contributed by atoms with Gasteiger partial charge in [0.1, 0.15) is 16.8 Å². The minimum Gasteiger partial charge on any atom is -0.398 e. The van der Waals surface area contributed by atoms with Crippen LogP contribution in [0, 0.1) is 31.0 Å². The van der Waals surface area contributed by atoms with Crippen molar-refractivity contribution >= 4 is 26.6 Å². The highest BCUT2D eigenvalue weighted by Crippen LogP contribution is 2.29. The molecule has 8 heteroatoms. The molecule has 1 heterocycles. The Hall–Kier alpha value is -2.89. The lowest BCUT2D eigenvalue weighted by atomic mass is 10.1. The highest BCUT2D eigenvalue weighted by Gasteiger charge is 2.29. The molecular weight excluding hydrogens is 391 g/mol. The van der Waals surface area contributed by atoms with Gasteiger partial charge in [0.05, 0.1) is 16.8 Å². The first-order valence-corrected chi connectivity index (χ1v) is 10.5. The topological polar surface area (TPSA) is 92.1 Å². The molecular formula is C21H23FN4O2S. The number of hydrogen-bond acceptors (Lipinski definition) is 4. The summed E-state index contributed by atoms with van der Waals surface area (Å²) < 4.78 is 43.7. The molecule has 3 rings (SSSR count). The number of aryl methyl sites for hydroxylation is 2. The number of nitrogen functional groups attached to an aromatic ring is 1. The molecule has 29 heavy (non-hydrogen) atoms. The van der Waals surface area contributed by atoms with E-state index in [1.165, 1.54) is 17.4 Å². The zero-order valence-electron chi connectivity index (χ0n) is 16.8. The monoisotopic (exact) mass is 414 g/mol. The molecule has 0 aliphatic heterocycles. The molecule has 2 N–H and O–H groups in total. The van der Waals surface area contributed by atoms with Gasteiger partial charge in [0.25, 0.3) is 0 Å². The average Bonchev–Trinajstić information content (AvgIpc) is 2.98. The van der Waals surface area contributed by atoms with Crippen LogP contribution in [0.4, 0.5) is 10.1 Å². The molecule has 0 bridgehead atoms. The van der Waals surface area contributed by atoms with Crippen LogP contribution in [0.5, 0.6) is 0 Å². The first kappa shape index (κ1) is 20.8. The molecule has 0 amide bonds. The predicted octanol–water partition coefficient (Wildman–Crippen LogP) is 3.56. The molecule has 2 aromatic carbocycles. The number of rotatable bonds is 5. The standard InChI is InChI=1S/C21H23FN4O2S/c1-13-8-14(2)21(19(24)9-13)29(27,28)25(4)15(3)11-26-12-16(10-23)17-6-5-7-18(22)20(17)26/h5-9,12,15H,11,24H2,1-4H3. The maximum absolute atomic E-state index is 14.4. The van der Waals surface area contributed by atoms with Gasteiger partial charge in [0, 0.05) is 31.2 Å². The van der Waals surface area contributed by atoms with Gasteiger partial charge in [-0.05, 0) is 44.0 Å². The zero-order chi connectivity index (χ0) is 21.5. The molecule has 0 aliphatic carbocycles. The number of likely N-dealkylation sites (N-methyl/N-ethyl adjacent to an activating group) is 1. The second kappa shape index (κ2) is 7.50. The number of aromatic nitrogens is 1. The van der Waals surface area contributed by atoms with Crippen LogP contribution in [0.2, 0.25) is 0 Å². The van der Waals surface area contributed by atoms with E-state index in [4.69, 9.17) is 5.73 Å². The van der Waals surface area contributed by atoms with Crippen LogP contribution in [0.15, 0.2) is 41.4 Å². The van der Waals surface area contributed by atoms with Crippen LogP contribution in [0.1, 0.15) is 23.6 Å². The van der Waals surface area contributed by atoms with Crippen LogP contribution < -0.4 is 5.73 Å². The maximum atomic E-state index is 14.4. The number of nitrogens with two attached hydrogens (primary N) is 1. The molecule has 0 saturated heterocycles. The van der Waals surface area contributed by atoms with Gasteiger partial charge in [0.2, 0.25) is 10.0 Å². The van der Waals surface area contributed by atoms with Gasteiger partial charge in [-0.1, -0.05) is 18.2 Å². The van der Waals surface area contributed by atoms with Crippen LogP contribution in [-0.2, 0) is 16.6 Å². The summed E-state index contributed by atoms with van der Waals surface area (Å²) in [5.74, 6) is -0.458. The molecule has 6 nitrogen and oxygen atoms in total. The van der Waals surface area contributed by atoms with Gasteiger partial charge >= 0.3 is 0 Å². The molecule has 0 spiro atoms. The van der Waals surface area contributed by atoms with E-state index in [0.29, 0.717) is 16.5 Å². The van der Waals surface area contributed by atoms with E-state index in [0.717, 1.165) is 5.56 Å². The Kier molecular flexibility index (Phi) is 5.39. The first-order chi connectivity index (χ1) is 13.6. The quantitative estimate of drug-likeness (QED) is 0.646.